The van der Waals surface area contributed by atoms with Crippen molar-refractivity contribution >= 4 is 23.2 Å². The number of hydrogen-bond acceptors (Lipinski definition) is 0. The molecule has 0 amide bonds. The lowest BCUT2D eigenvalue weighted by Crippen LogP contribution is -1.92. The number of aromatic nitrogens is 1. The molecule has 0 fully saturated rings. The topological polar surface area (TPSA) is 15.8 Å². The molecule has 78 valence electrons. The van der Waals surface area contributed by atoms with Gasteiger partial charge in [0, 0.05) is 21.9 Å². The zero-order valence-electron chi connectivity index (χ0n) is 8.13. The lowest BCUT2D eigenvalue weighted by molar-refractivity contribution is 0.926. The summed E-state index contributed by atoms with van der Waals surface area (Å²) in [6, 6.07) is 9.71. The number of benzene rings is 1. The highest BCUT2D eigenvalue weighted by Gasteiger charge is 2.02. The summed E-state index contributed by atoms with van der Waals surface area (Å²) >= 11 is 11.9. The molecule has 2 aromatic rings. The van der Waals surface area contributed by atoms with Gasteiger partial charge in [-0.05, 0) is 42.7 Å². The molecule has 1 aromatic carbocycles. The molecule has 1 nitrogen and oxygen atoms in total. The smallest absolute Gasteiger partial charge is 0.0452 e. The predicted octanol–water partition coefficient (Wildman–Crippen LogP) is 4.11. The summed E-state index contributed by atoms with van der Waals surface area (Å²) in [6.45, 7) is 0. The van der Waals surface area contributed by atoms with Crippen molar-refractivity contribution in [3.63, 3.8) is 0 Å². The van der Waals surface area contributed by atoms with Gasteiger partial charge in [-0.25, -0.2) is 0 Å². The van der Waals surface area contributed by atoms with E-state index in [0.29, 0.717) is 5.02 Å². The Morgan fingerprint density at radius 3 is 2.60 bits per heavy atom. The van der Waals surface area contributed by atoms with Crippen molar-refractivity contribution in [2.75, 3.05) is 0 Å². The molecule has 0 saturated carbocycles. The van der Waals surface area contributed by atoms with Gasteiger partial charge in [0.05, 0.1) is 0 Å². The van der Waals surface area contributed by atoms with Gasteiger partial charge in [-0.1, -0.05) is 29.3 Å². The van der Waals surface area contributed by atoms with Crippen LogP contribution in [0.15, 0.2) is 36.5 Å². The fourth-order valence-electron chi connectivity index (χ4n) is 1.52. The molecule has 1 N–H and O–H groups in total. The number of nitrogens with one attached hydrogen (secondary N) is 1. The number of H-pyrrole nitrogens is 1. The van der Waals surface area contributed by atoms with E-state index < -0.39 is 0 Å². The summed E-state index contributed by atoms with van der Waals surface area (Å²) in [7, 11) is 0. The normalized spacial score (nSPS) is 10.5. The zero-order chi connectivity index (χ0) is 10.7. The Hall–Kier alpha value is -0.920. The standard InChI is InChI=1S/C12H11Cl2N/c13-10-5-3-9(12(14)8-10)4-6-11-2-1-7-15-11/h1-3,5,7-8,15H,4,6H2. The quantitative estimate of drug-likeness (QED) is 0.830. The molecule has 0 unspecified atom stereocenters. The van der Waals surface area contributed by atoms with Crippen molar-refractivity contribution in [2.45, 2.75) is 12.8 Å². The van der Waals surface area contributed by atoms with Crippen molar-refractivity contribution in [1.82, 2.24) is 4.98 Å². The van der Waals surface area contributed by atoms with Crippen LogP contribution in [0, 0.1) is 0 Å². The third kappa shape index (κ3) is 2.77. The Morgan fingerprint density at radius 2 is 1.93 bits per heavy atom. The third-order valence-electron chi connectivity index (χ3n) is 2.34. The van der Waals surface area contributed by atoms with E-state index in [0.717, 1.165) is 23.4 Å². The zero-order valence-corrected chi connectivity index (χ0v) is 9.65. The van der Waals surface area contributed by atoms with Gasteiger partial charge in [0.15, 0.2) is 0 Å². The molecule has 0 radical (unpaired) electrons. The van der Waals surface area contributed by atoms with Gasteiger partial charge in [0.25, 0.3) is 0 Å². The minimum Gasteiger partial charge on any atom is -0.365 e. The molecule has 0 aliphatic carbocycles. The summed E-state index contributed by atoms with van der Waals surface area (Å²) in [5.74, 6) is 0. The summed E-state index contributed by atoms with van der Waals surface area (Å²) < 4.78 is 0. The molecule has 1 heterocycles. The maximum Gasteiger partial charge on any atom is 0.0452 e. The summed E-state index contributed by atoms with van der Waals surface area (Å²) in [6.07, 6.45) is 3.82. The second-order valence-corrected chi connectivity index (χ2v) is 4.27. The molecule has 0 aliphatic heterocycles. The van der Waals surface area contributed by atoms with Gasteiger partial charge in [0.2, 0.25) is 0 Å². The number of rotatable bonds is 3. The lowest BCUT2D eigenvalue weighted by Gasteiger charge is -2.03. The van der Waals surface area contributed by atoms with E-state index in [9.17, 15) is 0 Å². The van der Waals surface area contributed by atoms with Crippen LogP contribution in [0.3, 0.4) is 0 Å². The summed E-state index contributed by atoms with van der Waals surface area (Å²) in [4.78, 5) is 3.17. The van der Waals surface area contributed by atoms with E-state index in [1.807, 2.05) is 24.4 Å². The molecule has 0 bridgehead atoms. The molecule has 0 aliphatic rings. The maximum atomic E-state index is 6.08. The lowest BCUT2D eigenvalue weighted by atomic mass is 10.1. The number of aryl methyl sites for hydroxylation is 2. The number of hydrogen-bond donors (Lipinski definition) is 1. The molecule has 2 rings (SSSR count). The van der Waals surface area contributed by atoms with Crippen LogP contribution in [0.1, 0.15) is 11.3 Å². The van der Waals surface area contributed by atoms with Crippen molar-refractivity contribution < 1.29 is 0 Å². The van der Waals surface area contributed by atoms with E-state index in [1.165, 1.54) is 5.69 Å². The highest BCUT2D eigenvalue weighted by Crippen LogP contribution is 2.22. The molecule has 3 heteroatoms. The van der Waals surface area contributed by atoms with Gasteiger partial charge < -0.3 is 4.98 Å². The number of halogens is 2. The number of aromatic amines is 1. The fourth-order valence-corrected chi connectivity index (χ4v) is 2.02. The van der Waals surface area contributed by atoms with Crippen LogP contribution in [-0.2, 0) is 12.8 Å². The Morgan fingerprint density at radius 1 is 1.07 bits per heavy atom. The van der Waals surface area contributed by atoms with E-state index in [2.05, 4.69) is 11.1 Å². The SMILES string of the molecule is Clc1ccc(CCc2ccc[nH]2)c(Cl)c1. The van der Waals surface area contributed by atoms with Gasteiger partial charge in [-0.15, -0.1) is 0 Å². The van der Waals surface area contributed by atoms with Crippen molar-refractivity contribution in [2.24, 2.45) is 0 Å². The summed E-state index contributed by atoms with van der Waals surface area (Å²) in [5, 5.41) is 1.43. The van der Waals surface area contributed by atoms with Crippen LogP contribution < -0.4 is 0 Å². The van der Waals surface area contributed by atoms with Gasteiger partial charge >= 0.3 is 0 Å². The molecular formula is C12H11Cl2N. The van der Waals surface area contributed by atoms with Crippen molar-refractivity contribution in [3.8, 4) is 0 Å². The first-order valence-corrected chi connectivity index (χ1v) is 5.57. The van der Waals surface area contributed by atoms with Gasteiger partial charge in [-0.3, -0.25) is 0 Å². The van der Waals surface area contributed by atoms with E-state index in [-0.39, 0.29) is 0 Å². The first-order valence-electron chi connectivity index (χ1n) is 4.82. The molecule has 0 saturated heterocycles. The highest BCUT2D eigenvalue weighted by molar-refractivity contribution is 6.35. The Labute approximate surface area is 99.0 Å². The Balaban J connectivity index is 2.05. The monoisotopic (exact) mass is 239 g/mol. The fraction of sp³-hybridized carbons (Fsp3) is 0.167. The predicted molar refractivity (Wildman–Crippen MR) is 64.7 cm³/mol. The van der Waals surface area contributed by atoms with Crippen LogP contribution >= 0.6 is 23.2 Å². The first-order chi connectivity index (χ1) is 7.25. The van der Waals surface area contributed by atoms with Crippen molar-refractivity contribution in [3.05, 3.63) is 57.8 Å². The minimum atomic E-state index is 0.684. The molecule has 0 spiro atoms. The van der Waals surface area contributed by atoms with E-state index >= 15 is 0 Å². The van der Waals surface area contributed by atoms with Crippen LogP contribution in [0.2, 0.25) is 10.0 Å². The van der Waals surface area contributed by atoms with Crippen molar-refractivity contribution in [1.29, 1.82) is 0 Å². The van der Waals surface area contributed by atoms with Crippen LogP contribution in [-0.4, -0.2) is 4.98 Å². The Bertz CT molecular complexity index is 435. The van der Waals surface area contributed by atoms with E-state index in [4.69, 9.17) is 23.2 Å². The maximum absolute atomic E-state index is 6.08. The average Bonchev–Trinajstić information content (AvgIpc) is 2.69. The molecule has 1 aromatic heterocycles. The second-order valence-electron chi connectivity index (χ2n) is 3.43. The van der Waals surface area contributed by atoms with Gasteiger partial charge in [0.1, 0.15) is 0 Å². The molecule has 15 heavy (non-hydrogen) atoms. The Kier molecular flexibility index (Phi) is 3.34. The minimum absolute atomic E-state index is 0.684. The first kappa shape index (κ1) is 10.6. The third-order valence-corrected chi connectivity index (χ3v) is 2.93. The van der Waals surface area contributed by atoms with Crippen LogP contribution in [0.4, 0.5) is 0 Å². The average molecular weight is 240 g/mol. The van der Waals surface area contributed by atoms with Gasteiger partial charge in [-0.2, -0.15) is 0 Å². The van der Waals surface area contributed by atoms with Crippen LogP contribution in [0.5, 0.6) is 0 Å². The van der Waals surface area contributed by atoms with E-state index in [1.54, 1.807) is 6.07 Å². The molecular weight excluding hydrogens is 229 g/mol. The largest absolute Gasteiger partial charge is 0.365 e. The summed E-state index contributed by atoms with van der Waals surface area (Å²) in [5.41, 5.74) is 2.36. The second kappa shape index (κ2) is 4.73. The highest BCUT2D eigenvalue weighted by atomic mass is 35.5. The van der Waals surface area contributed by atoms with Crippen LogP contribution in [0.25, 0.3) is 0 Å². The molecule has 0 atom stereocenters.